The predicted octanol–water partition coefficient (Wildman–Crippen LogP) is -1.19. The van der Waals surface area contributed by atoms with Gasteiger partial charge in [0.25, 0.3) is 0 Å². The smallest absolute Gasteiger partial charge is 0.404 e. The molecule has 0 atom stereocenters. The predicted molar refractivity (Wildman–Crippen MR) is 41.1 cm³/mol. The van der Waals surface area contributed by atoms with E-state index in [1.165, 1.54) is 4.90 Å². The van der Waals surface area contributed by atoms with Crippen molar-refractivity contribution in [3.05, 3.63) is 0 Å². The van der Waals surface area contributed by atoms with E-state index in [9.17, 15) is 14.4 Å². The van der Waals surface area contributed by atoms with Gasteiger partial charge in [-0.1, -0.05) is 0 Å². The summed E-state index contributed by atoms with van der Waals surface area (Å²) in [6.45, 7) is 0.319. The number of amides is 4. The van der Waals surface area contributed by atoms with Gasteiger partial charge in [-0.25, -0.2) is 9.59 Å². The molecule has 1 fully saturated rings. The van der Waals surface area contributed by atoms with Crippen LogP contribution in [0.5, 0.6) is 0 Å². The number of carbonyl (C=O) groups is 3. The number of nitrogens with one attached hydrogen (secondary N) is 2. The van der Waals surface area contributed by atoms with Crippen molar-refractivity contribution in [2.45, 2.75) is 0 Å². The Morgan fingerprint density at radius 1 is 1.62 bits per heavy atom. The molecule has 7 nitrogen and oxygen atoms in total. The lowest BCUT2D eigenvalue weighted by atomic mass is 10.5. The van der Waals surface area contributed by atoms with Crippen molar-refractivity contribution in [1.82, 2.24) is 15.5 Å². The first-order chi connectivity index (χ1) is 6.09. The third kappa shape index (κ3) is 2.62. The molecule has 72 valence electrons. The number of imide groups is 1. The molecule has 0 radical (unpaired) electrons. The number of rotatable bonds is 3. The Balaban J connectivity index is 2.26. The molecular formula is C6H9N3O4. The van der Waals surface area contributed by atoms with Crippen molar-refractivity contribution in [3.8, 4) is 0 Å². The standard InChI is InChI=1S/C6H9N3O4/c10-4-3-9(5(11)8-4)2-1-7-6(12)13/h7H,1-3H2,(H,12,13)(H,8,10,11). The van der Waals surface area contributed by atoms with Gasteiger partial charge in [0, 0.05) is 13.1 Å². The average Bonchev–Trinajstić information content (AvgIpc) is 2.29. The van der Waals surface area contributed by atoms with Gasteiger partial charge in [-0.05, 0) is 0 Å². The maximum Gasteiger partial charge on any atom is 0.404 e. The summed E-state index contributed by atoms with van der Waals surface area (Å²) >= 11 is 0. The Kier molecular flexibility index (Phi) is 2.68. The molecule has 1 rings (SSSR count). The van der Waals surface area contributed by atoms with Crippen LogP contribution in [0.4, 0.5) is 9.59 Å². The zero-order valence-corrected chi connectivity index (χ0v) is 6.74. The molecule has 0 aromatic rings. The minimum Gasteiger partial charge on any atom is -0.465 e. The summed E-state index contributed by atoms with van der Waals surface area (Å²) in [7, 11) is 0. The van der Waals surface area contributed by atoms with Gasteiger partial charge in [-0.2, -0.15) is 0 Å². The normalized spacial score (nSPS) is 15.8. The highest BCUT2D eigenvalue weighted by Gasteiger charge is 2.25. The molecular weight excluding hydrogens is 178 g/mol. The van der Waals surface area contributed by atoms with Crippen molar-refractivity contribution < 1.29 is 19.5 Å². The summed E-state index contributed by atoms with van der Waals surface area (Å²) in [4.78, 5) is 32.8. The maximum atomic E-state index is 10.9. The zero-order chi connectivity index (χ0) is 9.84. The lowest BCUT2D eigenvalue weighted by molar-refractivity contribution is -0.118. The monoisotopic (exact) mass is 187 g/mol. The van der Waals surface area contributed by atoms with E-state index in [1.807, 2.05) is 0 Å². The molecule has 0 aromatic heterocycles. The van der Waals surface area contributed by atoms with E-state index in [2.05, 4.69) is 10.6 Å². The summed E-state index contributed by atoms with van der Waals surface area (Å²) in [5, 5.41) is 12.4. The number of hydrogen-bond acceptors (Lipinski definition) is 3. The zero-order valence-electron chi connectivity index (χ0n) is 6.74. The minimum atomic E-state index is -1.15. The number of hydrogen-bond donors (Lipinski definition) is 3. The molecule has 1 aliphatic heterocycles. The van der Waals surface area contributed by atoms with E-state index in [-0.39, 0.29) is 25.5 Å². The van der Waals surface area contributed by atoms with Gasteiger partial charge >= 0.3 is 12.1 Å². The summed E-state index contributed by atoms with van der Waals surface area (Å²) < 4.78 is 0. The Morgan fingerprint density at radius 2 is 2.31 bits per heavy atom. The third-order valence-corrected chi connectivity index (χ3v) is 1.53. The van der Waals surface area contributed by atoms with E-state index in [0.29, 0.717) is 0 Å². The van der Waals surface area contributed by atoms with Gasteiger partial charge in [0.1, 0.15) is 6.54 Å². The molecule has 0 saturated carbocycles. The van der Waals surface area contributed by atoms with Gasteiger partial charge in [0.05, 0.1) is 0 Å². The second-order valence-corrected chi connectivity index (χ2v) is 2.51. The van der Waals surface area contributed by atoms with Gasteiger partial charge in [0.15, 0.2) is 0 Å². The Labute approximate surface area is 73.7 Å². The lowest BCUT2D eigenvalue weighted by Crippen LogP contribution is -2.36. The Morgan fingerprint density at radius 3 is 2.77 bits per heavy atom. The second-order valence-electron chi connectivity index (χ2n) is 2.51. The van der Waals surface area contributed by atoms with Crippen LogP contribution in [0.1, 0.15) is 0 Å². The summed E-state index contributed by atoms with van der Waals surface area (Å²) in [5.41, 5.74) is 0. The molecule has 1 saturated heterocycles. The second kappa shape index (κ2) is 3.74. The molecule has 0 spiro atoms. The fraction of sp³-hybridized carbons (Fsp3) is 0.500. The van der Waals surface area contributed by atoms with Crippen LogP contribution in [0.15, 0.2) is 0 Å². The van der Waals surface area contributed by atoms with Crippen LogP contribution >= 0.6 is 0 Å². The molecule has 4 amide bonds. The molecule has 13 heavy (non-hydrogen) atoms. The number of carboxylic acid groups (broad SMARTS) is 1. The first kappa shape index (κ1) is 9.30. The van der Waals surface area contributed by atoms with Crippen LogP contribution in [-0.4, -0.2) is 47.7 Å². The SMILES string of the molecule is O=C(O)NCCN1CC(=O)NC1=O. The first-order valence-corrected chi connectivity index (χ1v) is 3.65. The van der Waals surface area contributed by atoms with E-state index < -0.39 is 12.1 Å². The van der Waals surface area contributed by atoms with Gasteiger partial charge < -0.3 is 15.3 Å². The van der Waals surface area contributed by atoms with Crippen molar-refractivity contribution in [1.29, 1.82) is 0 Å². The van der Waals surface area contributed by atoms with Gasteiger partial charge in [-0.3, -0.25) is 10.1 Å². The van der Waals surface area contributed by atoms with Crippen LogP contribution in [-0.2, 0) is 4.79 Å². The summed E-state index contributed by atoms with van der Waals surface area (Å²) in [6.07, 6.45) is -1.15. The van der Waals surface area contributed by atoms with Crippen LogP contribution in [0.2, 0.25) is 0 Å². The van der Waals surface area contributed by atoms with E-state index in [4.69, 9.17) is 5.11 Å². The van der Waals surface area contributed by atoms with E-state index in [1.54, 1.807) is 0 Å². The fourth-order valence-corrected chi connectivity index (χ4v) is 0.961. The summed E-state index contributed by atoms with van der Waals surface area (Å²) in [6, 6.07) is -0.475. The van der Waals surface area contributed by atoms with Crippen LogP contribution in [0, 0.1) is 0 Å². The van der Waals surface area contributed by atoms with Crippen LogP contribution in [0.3, 0.4) is 0 Å². The van der Waals surface area contributed by atoms with Crippen molar-refractivity contribution >= 4 is 18.0 Å². The molecule has 7 heteroatoms. The Bertz CT molecular complexity index is 252. The summed E-state index contributed by atoms with van der Waals surface area (Å²) in [5.74, 6) is -0.361. The first-order valence-electron chi connectivity index (χ1n) is 3.65. The Hall–Kier alpha value is -1.79. The number of nitrogens with zero attached hydrogens (tertiary/aromatic N) is 1. The third-order valence-electron chi connectivity index (χ3n) is 1.53. The molecule has 1 heterocycles. The molecule has 0 aliphatic carbocycles. The molecule has 0 bridgehead atoms. The van der Waals surface area contributed by atoms with Gasteiger partial charge in [0.2, 0.25) is 5.91 Å². The molecule has 1 aliphatic rings. The van der Waals surface area contributed by atoms with Crippen LogP contribution in [0.25, 0.3) is 0 Å². The minimum absolute atomic E-state index is 0.000131. The molecule has 0 aromatic carbocycles. The van der Waals surface area contributed by atoms with Crippen molar-refractivity contribution in [2.75, 3.05) is 19.6 Å². The van der Waals surface area contributed by atoms with Crippen LogP contribution < -0.4 is 10.6 Å². The molecule has 3 N–H and O–H groups in total. The number of urea groups is 1. The lowest BCUT2D eigenvalue weighted by Gasteiger charge is -2.11. The highest BCUT2D eigenvalue weighted by Crippen LogP contribution is 1.95. The van der Waals surface area contributed by atoms with Gasteiger partial charge in [-0.15, -0.1) is 0 Å². The number of carbonyl (C=O) groups excluding carboxylic acids is 2. The topological polar surface area (TPSA) is 98.7 Å². The maximum absolute atomic E-state index is 10.9. The van der Waals surface area contributed by atoms with Crippen molar-refractivity contribution in [2.24, 2.45) is 0 Å². The fourth-order valence-electron chi connectivity index (χ4n) is 0.961. The highest BCUT2D eigenvalue weighted by atomic mass is 16.4. The quantitative estimate of drug-likeness (QED) is 0.483. The van der Waals surface area contributed by atoms with Crippen molar-refractivity contribution in [3.63, 3.8) is 0 Å². The average molecular weight is 187 g/mol. The highest BCUT2D eigenvalue weighted by molar-refractivity contribution is 6.01. The largest absolute Gasteiger partial charge is 0.465 e. The van der Waals surface area contributed by atoms with E-state index >= 15 is 0 Å². The molecule has 0 unspecified atom stereocenters. The van der Waals surface area contributed by atoms with E-state index in [0.717, 1.165) is 0 Å².